The molecule has 1 atom stereocenters. The van der Waals surface area contributed by atoms with Crippen LogP contribution in [0, 0.1) is 13.8 Å². The first kappa shape index (κ1) is 15.0. The largest absolute Gasteiger partial charge is 0.324 e. The minimum absolute atomic E-state index is 0.0582. The van der Waals surface area contributed by atoms with E-state index in [4.69, 9.17) is 5.73 Å². The second-order valence-corrected chi connectivity index (χ2v) is 6.50. The summed E-state index contributed by atoms with van der Waals surface area (Å²) in [5.74, 6) is 0. The van der Waals surface area contributed by atoms with Crippen molar-refractivity contribution in [2.45, 2.75) is 59.4 Å². The number of benzene rings is 1. The topological polar surface area (TPSA) is 26.0 Å². The highest BCUT2D eigenvalue weighted by Gasteiger charge is 2.17. The van der Waals surface area contributed by atoms with Crippen molar-refractivity contribution >= 4 is 0 Å². The van der Waals surface area contributed by atoms with Crippen LogP contribution < -0.4 is 5.73 Å². The lowest BCUT2D eigenvalue weighted by molar-refractivity contribution is 0.588. The van der Waals surface area contributed by atoms with Crippen LogP contribution in [0.25, 0.3) is 0 Å². The first-order valence-corrected chi connectivity index (χ1v) is 6.64. The molecule has 0 aliphatic carbocycles. The molecule has 1 rings (SSSR count). The van der Waals surface area contributed by atoms with Gasteiger partial charge in [-0.05, 0) is 54.9 Å². The molecule has 2 N–H and O–H groups in total. The quantitative estimate of drug-likeness (QED) is 0.799. The second kappa shape index (κ2) is 5.27. The van der Waals surface area contributed by atoms with Gasteiger partial charge in [-0.2, -0.15) is 0 Å². The maximum atomic E-state index is 6.11. The number of hydrogen-bond donors (Lipinski definition) is 1. The fraction of sp³-hybridized carbons (Fsp3) is 0.529. The van der Waals surface area contributed by atoms with Crippen molar-refractivity contribution in [2.24, 2.45) is 5.73 Å². The van der Waals surface area contributed by atoms with Crippen LogP contribution in [0.15, 0.2) is 24.3 Å². The summed E-state index contributed by atoms with van der Waals surface area (Å²) in [6.45, 7) is 17.1. The molecular formula is C17H27N. The van der Waals surface area contributed by atoms with E-state index in [0.29, 0.717) is 0 Å². The fourth-order valence-corrected chi connectivity index (χ4v) is 2.14. The minimum atomic E-state index is 0.0582. The smallest absolute Gasteiger partial charge is 0.0289 e. The Morgan fingerprint density at radius 2 is 1.67 bits per heavy atom. The normalized spacial score (nSPS) is 13.5. The molecule has 0 fully saturated rings. The van der Waals surface area contributed by atoms with E-state index in [9.17, 15) is 0 Å². The van der Waals surface area contributed by atoms with Gasteiger partial charge < -0.3 is 5.73 Å². The van der Waals surface area contributed by atoms with E-state index < -0.39 is 0 Å². The summed E-state index contributed by atoms with van der Waals surface area (Å²) in [6.07, 6.45) is 0.886. The van der Waals surface area contributed by atoms with Crippen LogP contribution in [0.5, 0.6) is 0 Å². The average molecular weight is 245 g/mol. The lowest BCUT2D eigenvalue weighted by atomic mass is 9.82. The van der Waals surface area contributed by atoms with Crippen LogP contribution in [0.2, 0.25) is 0 Å². The lowest BCUT2D eigenvalue weighted by Gasteiger charge is -2.23. The molecule has 0 spiro atoms. The van der Waals surface area contributed by atoms with E-state index in [1.165, 1.54) is 22.3 Å². The summed E-state index contributed by atoms with van der Waals surface area (Å²) < 4.78 is 0. The van der Waals surface area contributed by atoms with Crippen LogP contribution in [0.4, 0.5) is 0 Å². The van der Waals surface area contributed by atoms with Gasteiger partial charge in [-0.15, -0.1) is 0 Å². The third-order valence-corrected chi connectivity index (χ3v) is 3.62. The minimum Gasteiger partial charge on any atom is -0.324 e. The van der Waals surface area contributed by atoms with Gasteiger partial charge in [0, 0.05) is 6.04 Å². The van der Waals surface area contributed by atoms with Crippen molar-refractivity contribution in [1.82, 2.24) is 0 Å². The molecule has 100 valence electrons. The molecule has 0 aliphatic heterocycles. The van der Waals surface area contributed by atoms with Gasteiger partial charge in [0.05, 0.1) is 0 Å². The monoisotopic (exact) mass is 245 g/mol. The van der Waals surface area contributed by atoms with E-state index in [0.717, 1.165) is 12.0 Å². The Bertz CT molecular complexity index is 426. The predicted octanol–water partition coefficient (Wildman–Crippen LogP) is 4.05. The zero-order chi connectivity index (χ0) is 14.1. The first-order valence-electron chi connectivity index (χ1n) is 6.64. The van der Waals surface area contributed by atoms with Crippen LogP contribution in [-0.2, 0) is 11.8 Å². The number of rotatable bonds is 3. The number of nitrogens with two attached hydrogens (primary N) is 1. The summed E-state index contributed by atoms with van der Waals surface area (Å²) >= 11 is 0. The summed E-state index contributed by atoms with van der Waals surface area (Å²) in [5.41, 5.74) is 12.8. The molecule has 0 amide bonds. The van der Waals surface area contributed by atoms with Crippen molar-refractivity contribution in [3.05, 3.63) is 46.5 Å². The Morgan fingerprint density at radius 1 is 1.22 bits per heavy atom. The van der Waals surface area contributed by atoms with Gasteiger partial charge in [0.2, 0.25) is 0 Å². The van der Waals surface area contributed by atoms with E-state index >= 15 is 0 Å². The standard InChI is InChI=1S/C17H27N/c1-11(2)16(18)10-15-12(3)8-14(9-13(15)4)17(5,6)7/h8-9,16H,1,10,18H2,2-7H3. The lowest BCUT2D eigenvalue weighted by Crippen LogP contribution is -2.24. The third-order valence-electron chi connectivity index (χ3n) is 3.62. The van der Waals surface area contributed by atoms with Crippen molar-refractivity contribution in [3.63, 3.8) is 0 Å². The Kier molecular flexibility index (Phi) is 4.39. The average Bonchev–Trinajstić information content (AvgIpc) is 2.21. The summed E-state index contributed by atoms with van der Waals surface area (Å²) in [4.78, 5) is 0. The number of aryl methyl sites for hydroxylation is 2. The second-order valence-electron chi connectivity index (χ2n) is 6.50. The van der Waals surface area contributed by atoms with Crippen LogP contribution in [0.3, 0.4) is 0 Å². The van der Waals surface area contributed by atoms with Crippen molar-refractivity contribution in [1.29, 1.82) is 0 Å². The van der Waals surface area contributed by atoms with Gasteiger partial charge in [0.1, 0.15) is 0 Å². The molecular weight excluding hydrogens is 218 g/mol. The fourth-order valence-electron chi connectivity index (χ4n) is 2.14. The summed E-state index contributed by atoms with van der Waals surface area (Å²) in [6, 6.07) is 4.66. The highest BCUT2D eigenvalue weighted by atomic mass is 14.6. The van der Waals surface area contributed by atoms with Gasteiger partial charge in [0.15, 0.2) is 0 Å². The van der Waals surface area contributed by atoms with Gasteiger partial charge in [0.25, 0.3) is 0 Å². The molecule has 18 heavy (non-hydrogen) atoms. The Balaban J connectivity index is 3.13. The van der Waals surface area contributed by atoms with E-state index in [1.54, 1.807) is 0 Å². The van der Waals surface area contributed by atoms with Crippen LogP contribution in [0.1, 0.15) is 49.9 Å². The van der Waals surface area contributed by atoms with Gasteiger partial charge >= 0.3 is 0 Å². The molecule has 0 saturated carbocycles. The highest BCUT2D eigenvalue weighted by molar-refractivity contribution is 5.41. The maximum absolute atomic E-state index is 6.11. The highest BCUT2D eigenvalue weighted by Crippen LogP contribution is 2.27. The Hall–Kier alpha value is -1.08. The van der Waals surface area contributed by atoms with Crippen LogP contribution >= 0.6 is 0 Å². The summed E-state index contributed by atoms with van der Waals surface area (Å²) in [7, 11) is 0. The molecule has 0 bridgehead atoms. The molecule has 1 nitrogen and oxygen atoms in total. The van der Waals surface area contributed by atoms with Crippen molar-refractivity contribution in [2.75, 3.05) is 0 Å². The van der Waals surface area contributed by atoms with Crippen molar-refractivity contribution in [3.8, 4) is 0 Å². The maximum Gasteiger partial charge on any atom is 0.0289 e. The molecule has 1 aromatic rings. The van der Waals surface area contributed by atoms with Crippen molar-refractivity contribution < 1.29 is 0 Å². The van der Waals surface area contributed by atoms with E-state index in [-0.39, 0.29) is 11.5 Å². The molecule has 0 saturated heterocycles. The molecule has 1 heteroatoms. The SMILES string of the molecule is C=C(C)C(N)Cc1c(C)cc(C(C)(C)C)cc1C. The van der Waals surface area contributed by atoms with E-state index in [1.807, 2.05) is 6.92 Å². The van der Waals surface area contributed by atoms with E-state index in [2.05, 4.69) is 53.3 Å². The van der Waals surface area contributed by atoms with Gasteiger partial charge in [-0.25, -0.2) is 0 Å². The first-order chi connectivity index (χ1) is 8.12. The molecule has 1 unspecified atom stereocenters. The number of hydrogen-bond acceptors (Lipinski definition) is 1. The third kappa shape index (κ3) is 3.46. The zero-order valence-corrected chi connectivity index (χ0v) is 12.7. The van der Waals surface area contributed by atoms with Crippen LogP contribution in [-0.4, -0.2) is 6.04 Å². The Morgan fingerprint density at radius 3 is 2.00 bits per heavy atom. The van der Waals surface area contributed by atoms with Gasteiger partial charge in [-0.1, -0.05) is 45.1 Å². The zero-order valence-electron chi connectivity index (χ0n) is 12.7. The predicted molar refractivity (Wildman–Crippen MR) is 81.1 cm³/mol. The Labute approximate surface area is 112 Å². The molecule has 0 radical (unpaired) electrons. The van der Waals surface area contributed by atoms with Gasteiger partial charge in [-0.3, -0.25) is 0 Å². The molecule has 0 aliphatic rings. The molecule has 0 aromatic heterocycles. The molecule has 0 heterocycles. The summed E-state index contributed by atoms with van der Waals surface area (Å²) in [5, 5.41) is 0. The molecule has 1 aromatic carbocycles.